The van der Waals surface area contributed by atoms with E-state index in [4.69, 9.17) is 11.2 Å². The molecular weight excluding hydrogens is 371 g/mol. The van der Waals surface area contributed by atoms with Gasteiger partial charge in [0.05, 0.1) is 6.33 Å². The Bertz CT molecular complexity index is 972. The second-order valence-electron chi connectivity index (χ2n) is 6.59. The average Bonchev–Trinajstić information content (AvgIpc) is 3.14. The molecule has 0 saturated carbocycles. The number of aryl methyl sites for hydroxylation is 1. The molecule has 4 aromatic rings. The number of rotatable bonds is 5. The lowest BCUT2D eigenvalue weighted by molar-refractivity contribution is 0.770. The van der Waals surface area contributed by atoms with Crippen molar-refractivity contribution in [3.05, 3.63) is 109 Å². The van der Waals surface area contributed by atoms with Crippen molar-refractivity contribution in [1.82, 2.24) is 9.55 Å². The summed E-state index contributed by atoms with van der Waals surface area (Å²) in [5.74, 6) is 0. The molecule has 134 valence electrons. The monoisotopic (exact) mass is 391 g/mol. The smallest absolute Gasteiger partial charge is 0.210 e. The van der Waals surface area contributed by atoms with Gasteiger partial charge in [-0.1, -0.05) is 48.5 Å². The lowest BCUT2D eigenvalue weighted by atomic mass is 10.2. The van der Waals surface area contributed by atoms with E-state index in [1.165, 1.54) is 21.5 Å². The second kappa shape index (κ2) is 7.68. The number of aromatic nitrogens is 2. The molecule has 0 radical (unpaired) electrons. The third kappa shape index (κ3) is 3.56. The summed E-state index contributed by atoms with van der Waals surface area (Å²) in [5, 5.41) is 3.53. The van der Waals surface area contributed by atoms with Gasteiger partial charge in [-0.2, -0.15) is 0 Å². The van der Waals surface area contributed by atoms with Crippen molar-refractivity contribution in [1.29, 1.82) is 0 Å². The summed E-state index contributed by atoms with van der Waals surface area (Å²) < 4.78 is 2.15. The topological polar surface area (TPSA) is 17.8 Å². The Labute approximate surface area is 165 Å². The fourth-order valence-electron chi connectivity index (χ4n) is 3.27. The highest BCUT2D eigenvalue weighted by Gasteiger charge is 2.44. The van der Waals surface area contributed by atoms with E-state index in [1.54, 1.807) is 0 Å². The Balaban J connectivity index is 1.74. The number of hydrogen-bond acceptors (Lipinski definition) is 1. The largest absolute Gasteiger partial charge is 0.330 e. The fourth-order valence-corrected chi connectivity index (χ4v) is 6.90. The molecule has 0 saturated heterocycles. The van der Waals surface area contributed by atoms with E-state index in [1.807, 2.05) is 24.7 Å². The van der Waals surface area contributed by atoms with Gasteiger partial charge < -0.3 is 4.57 Å². The van der Waals surface area contributed by atoms with Crippen LogP contribution in [0.15, 0.2) is 97.5 Å². The molecule has 4 heteroatoms. The van der Waals surface area contributed by atoms with E-state index in [-0.39, 0.29) is 0 Å². The number of benzene rings is 3. The summed E-state index contributed by atoms with van der Waals surface area (Å²) >= 11 is 7.43. The van der Waals surface area contributed by atoms with Crippen LogP contribution in [0.5, 0.6) is 0 Å². The first-order valence-corrected chi connectivity index (χ1v) is 11.6. The van der Waals surface area contributed by atoms with Crippen LogP contribution in [0.3, 0.4) is 0 Å². The minimum absolute atomic E-state index is 0.816. The molecule has 27 heavy (non-hydrogen) atoms. The predicted octanol–water partition coefficient (Wildman–Crippen LogP) is 4.69. The molecule has 0 unspecified atom stereocenters. The standard InChI is InChI=1S/C23H21ClN2P/c1-19-16-25-18-26(19)17-20-12-14-23(15-13-20)27(24,21-8-4-2-5-9-21)22-10-6-3-7-11-22/h2-16,18H,17H2,1H3/q+1. The van der Waals surface area contributed by atoms with E-state index >= 15 is 0 Å². The van der Waals surface area contributed by atoms with E-state index < -0.39 is 6.62 Å². The maximum absolute atomic E-state index is 7.43. The number of nitrogens with zero attached hydrogens (tertiary/aromatic N) is 2. The third-order valence-electron chi connectivity index (χ3n) is 4.79. The van der Waals surface area contributed by atoms with Crippen LogP contribution >= 0.6 is 17.9 Å². The van der Waals surface area contributed by atoms with Crippen molar-refractivity contribution < 1.29 is 0 Å². The molecule has 0 bridgehead atoms. The second-order valence-corrected chi connectivity index (χ2v) is 10.8. The average molecular weight is 392 g/mol. The van der Waals surface area contributed by atoms with Crippen molar-refractivity contribution in [2.45, 2.75) is 13.5 Å². The van der Waals surface area contributed by atoms with Crippen LogP contribution in [-0.2, 0) is 6.54 Å². The number of imidazole rings is 1. The Hall–Kier alpha value is -2.41. The molecule has 0 aliphatic carbocycles. The summed E-state index contributed by atoms with van der Waals surface area (Å²) in [6.07, 6.45) is 3.75. The maximum Gasteiger partial charge on any atom is 0.210 e. The van der Waals surface area contributed by atoms with Gasteiger partial charge in [0.2, 0.25) is 6.62 Å². The van der Waals surface area contributed by atoms with Gasteiger partial charge in [0, 0.05) is 18.4 Å². The summed E-state index contributed by atoms with van der Waals surface area (Å²) in [6.45, 7) is 0.714. The molecule has 0 aliphatic heterocycles. The Morgan fingerprint density at radius 2 is 1.30 bits per heavy atom. The van der Waals surface area contributed by atoms with Gasteiger partial charge in [-0.25, -0.2) is 4.98 Å². The van der Waals surface area contributed by atoms with Crippen LogP contribution in [-0.4, -0.2) is 9.55 Å². The lowest BCUT2D eigenvalue weighted by Gasteiger charge is -2.19. The minimum Gasteiger partial charge on any atom is -0.330 e. The quantitative estimate of drug-likeness (QED) is 0.451. The zero-order valence-corrected chi connectivity index (χ0v) is 16.8. The zero-order valence-electron chi connectivity index (χ0n) is 15.2. The molecule has 0 fully saturated rings. The number of hydrogen-bond donors (Lipinski definition) is 0. The molecule has 0 spiro atoms. The highest BCUT2D eigenvalue weighted by molar-refractivity contribution is 8.14. The van der Waals surface area contributed by atoms with Gasteiger partial charge >= 0.3 is 0 Å². The van der Waals surface area contributed by atoms with Crippen molar-refractivity contribution >= 4 is 33.8 Å². The Morgan fingerprint density at radius 3 is 1.78 bits per heavy atom. The van der Waals surface area contributed by atoms with Crippen molar-refractivity contribution in [3.8, 4) is 0 Å². The first-order valence-electron chi connectivity index (χ1n) is 8.94. The normalized spacial score (nSPS) is 11.5. The minimum atomic E-state index is -2.17. The van der Waals surface area contributed by atoms with Gasteiger partial charge in [0.25, 0.3) is 0 Å². The molecule has 1 heterocycles. The molecular formula is C23H21ClN2P+. The van der Waals surface area contributed by atoms with Gasteiger partial charge in [-0.15, -0.1) is 0 Å². The fraction of sp³-hybridized carbons (Fsp3) is 0.0870. The first-order chi connectivity index (χ1) is 13.2. The van der Waals surface area contributed by atoms with Gasteiger partial charge in [-0.05, 0) is 48.9 Å². The summed E-state index contributed by atoms with van der Waals surface area (Å²) in [4.78, 5) is 4.20. The molecule has 0 amide bonds. The van der Waals surface area contributed by atoms with Crippen LogP contribution in [0.4, 0.5) is 0 Å². The molecule has 3 aromatic carbocycles. The van der Waals surface area contributed by atoms with Crippen LogP contribution < -0.4 is 15.9 Å². The van der Waals surface area contributed by atoms with E-state index in [0.29, 0.717) is 0 Å². The maximum atomic E-state index is 7.43. The summed E-state index contributed by atoms with van der Waals surface area (Å²) in [7, 11) is 0. The highest BCUT2D eigenvalue weighted by atomic mass is 35.7. The number of halogens is 1. The third-order valence-corrected chi connectivity index (χ3v) is 9.58. The SMILES string of the molecule is Cc1cncn1Cc1ccc([P+](Cl)(c2ccccc2)c2ccccc2)cc1. The first kappa shape index (κ1) is 18.0. The van der Waals surface area contributed by atoms with Gasteiger partial charge in [0.1, 0.15) is 27.2 Å². The molecule has 0 N–H and O–H groups in total. The lowest BCUT2D eigenvalue weighted by Crippen LogP contribution is -2.27. The zero-order chi connectivity index (χ0) is 18.7. The van der Waals surface area contributed by atoms with E-state index in [0.717, 1.165) is 12.2 Å². The van der Waals surface area contributed by atoms with Crippen molar-refractivity contribution in [3.63, 3.8) is 0 Å². The van der Waals surface area contributed by atoms with Crippen LogP contribution in [0.2, 0.25) is 0 Å². The van der Waals surface area contributed by atoms with Crippen molar-refractivity contribution in [2.75, 3.05) is 0 Å². The van der Waals surface area contributed by atoms with Gasteiger partial charge in [0.15, 0.2) is 0 Å². The highest BCUT2D eigenvalue weighted by Crippen LogP contribution is 2.60. The molecule has 0 aliphatic rings. The van der Waals surface area contributed by atoms with Crippen molar-refractivity contribution in [2.24, 2.45) is 0 Å². The predicted molar refractivity (Wildman–Crippen MR) is 117 cm³/mol. The Kier molecular flexibility index (Phi) is 5.11. The molecule has 2 nitrogen and oxygen atoms in total. The van der Waals surface area contributed by atoms with Gasteiger partial charge in [-0.3, -0.25) is 0 Å². The Morgan fingerprint density at radius 1 is 0.778 bits per heavy atom. The summed E-state index contributed by atoms with van der Waals surface area (Å²) in [6, 6.07) is 29.6. The molecule has 4 rings (SSSR count). The summed E-state index contributed by atoms with van der Waals surface area (Å²) in [5.41, 5.74) is 2.40. The molecule has 0 atom stereocenters. The van der Waals surface area contributed by atoms with E-state index in [2.05, 4.69) is 89.3 Å². The molecule has 1 aromatic heterocycles. The van der Waals surface area contributed by atoms with Crippen LogP contribution in [0, 0.1) is 6.92 Å². The van der Waals surface area contributed by atoms with Crippen LogP contribution in [0.25, 0.3) is 0 Å². The van der Waals surface area contributed by atoms with Crippen LogP contribution in [0.1, 0.15) is 11.3 Å². The van der Waals surface area contributed by atoms with E-state index in [9.17, 15) is 0 Å².